The van der Waals surface area contributed by atoms with Crippen LogP contribution in [0.1, 0.15) is 22.7 Å². The van der Waals surface area contributed by atoms with Crippen LogP contribution < -0.4 is 0 Å². The number of hydrogen-bond acceptors (Lipinski definition) is 6. The number of benzene rings is 3. The number of carbonyl (C=O) groups is 2. The first-order valence-electron chi connectivity index (χ1n) is 11.0. The van der Waals surface area contributed by atoms with Gasteiger partial charge in [-0.2, -0.15) is 0 Å². The number of sulfonamides is 1. The topological polar surface area (TPSA) is 90.0 Å². The number of halogens is 1. The van der Waals surface area contributed by atoms with Gasteiger partial charge in [0.2, 0.25) is 0 Å². The van der Waals surface area contributed by atoms with Gasteiger partial charge in [0.05, 0.1) is 25.2 Å². The fourth-order valence-electron chi connectivity index (χ4n) is 3.35. The lowest BCUT2D eigenvalue weighted by atomic mass is 10.1. The maximum absolute atomic E-state index is 14.2. The van der Waals surface area contributed by atoms with E-state index in [1.807, 2.05) is 13.0 Å². The van der Waals surface area contributed by atoms with E-state index < -0.39 is 33.7 Å². The molecule has 1 unspecified atom stereocenters. The minimum atomic E-state index is -4.46. The fourth-order valence-corrected chi connectivity index (χ4v) is 5.39. The van der Waals surface area contributed by atoms with E-state index in [1.54, 1.807) is 60.7 Å². The van der Waals surface area contributed by atoms with Crippen molar-refractivity contribution >= 4 is 37.9 Å². The molecule has 0 bridgehead atoms. The third kappa shape index (κ3) is 6.67. The molecule has 190 valence electrons. The summed E-state index contributed by atoms with van der Waals surface area (Å²) < 4.78 is 39.3. The molecule has 3 aromatic rings. The van der Waals surface area contributed by atoms with E-state index in [0.717, 1.165) is 30.2 Å². The van der Waals surface area contributed by atoms with E-state index >= 15 is 0 Å². The zero-order chi connectivity index (χ0) is 27.0. The minimum absolute atomic E-state index is 0.101. The lowest BCUT2D eigenvalue weighted by Gasteiger charge is -2.31. The largest absolute Gasteiger partial charge is 0.466 e. The molecule has 0 saturated heterocycles. The molecule has 0 aliphatic rings. The quantitative estimate of drug-likeness (QED) is 0.227. The van der Waals surface area contributed by atoms with Gasteiger partial charge in [-0.25, -0.2) is 22.3 Å². The maximum Gasteiger partial charge on any atom is 0.355 e. The first-order valence-corrected chi connectivity index (χ1v) is 13.2. The third-order valence-corrected chi connectivity index (χ3v) is 7.74. The Bertz CT molecular complexity index is 1470. The average Bonchev–Trinajstić information content (AvgIpc) is 2.90. The zero-order valence-corrected chi connectivity index (χ0v) is 22.7. The van der Waals surface area contributed by atoms with Gasteiger partial charge in [0, 0.05) is 15.6 Å². The van der Waals surface area contributed by atoms with Crippen LogP contribution in [0.25, 0.3) is 0 Å². The molecule has 0 N–H and O–H groups in total. The van der Waals surface area contributed by atoms with Crippen molar-refractivity contribution in [3.8, 4) is 11.8 Å². The Kier molecular flexibility index (Phi) is 9.28. The van der Waals surface area contributed by atoms with Gasteiger partial charge in [-0.05, 0) is 37.3 Å². The van der Waals surface area contributed by atoms with E-state index in [2.05, 4.69) is 27.8 Å². The molecule has 1 atom stereocenters. The second-order valence-electron chi connectivity index (χ2n) is 7.72. The van der Waals surface area contributed by atoms with Gasteiger partial charge in [-0.3, -0.25) is 0 Å². The molecule has 0 radical (unpaired) electrons. The summed E-state index contributed by atoms with van der Waals surface area (Å²) in [6.45, 7) is 1.82. The Morgan fingerprint density at radius 3 is 2.14 bits per heavy atom. The number of methoxy groups -OCH3 is 2. The third-order valence-electron chi connectivity index (χ3n) is 5.23. The molecule has 3 rings (SSSR count). The number of rotatable bonds is 7. The molecule has 0 fully saturated rings. The summed E-state index contributed by atoms with van der Waals surface area (Å²) in [6, 6.07) is 20.7. The summed E-state index contributed by atoms with van der Waals surface area (Å²) in [4.78, 5) is 25.2. The maximum atomic E-state index is 14.2. The molecule has 0 heterocycles. The number of hydrogen-bond donors (Lipinski definition) is 0. The summed E-state index contributed by atoms with van der Waals surface area (Å²) in [5.41, 5.74) is 1.36. The monoisotopic (exact) mass is 581 g/mol. The summed E-state index contributed by atoms with van der Waals surface area (Å²) >= 11 is 3.48. The van der Waals surface area contributed by atoms with Crippen LogP contribution in [-0.2, 0) is 29.1 Å². The van der Waals surface area contributed by atoms with Gasteiger partial charge in [0.25, 0.3) is 10.0 Å². The second kappa shape index (κ2) is 12.4. The van der Waals surface area contributed by atoms with Crippen LogP contribution in [0.4, 0.5) is 0 Å². The standard InChI is InChI=1S/C28H24BrNO6S/c1-20-13-16-22(17-14-20)37(33,34)30(26(28(32)36-3)19-27(31)35-2)25(23-11-7-8-12-24(23)29)18-15-21-9-5-4-6-10-21/h4-14,16-17,19,25H,1-3H3/b26-19+. The first-order chi connectivity index (χ1) is 17.7. The highest BCUT2D eigenvalue weighted by Crippen LogP contribution is 2.35. The smallest absolute Gasteiger partial charge is 0.355 e. The second-order valence-corrected chi connectivity index (χ2v) is 10.4. The molecule has 7 nitrogen and oxygen atoms in total. The predicted molar refractivity (Wildman–Crippen MR) is 143 cm³/mol. The number of aryl methyl sites for hydroxylation is 1. The van der Waals surface area contributed by atoms with Crippen molar-refractivity contribution in [2.24, 2.45) is 0 Å². The predicted octanol–water partition coefficient (Wildman–Crippen LogP) is 4.77. The van der Waals surface area contributed by atoms with E-state index in [0.29, 0.717) is 15.6 Å². The highest BCUT2D eigenvalue weighted by atomic mass is 79.9. The molecular formula is C28H24BrNO6S. The SMILES string of the molecule is COC(=O)/C=C(\C(=O)OC)N(C(C#Cc1ccccc1)c1ccccc1Br)S(=O)(=O)c1ccc(C)cc1. The van der Waals surface area contributed by atoms with Crippen LogP contribution in [0.3, 0.4) is 0 Å². The van der Waals surface area contributed by atoms with Crippen molar-refractivity contribution in [1.82, 2.24) is 4.31 Å². The summed E-state index contributed by atoms with van der Waals surface area (Å²) in [5.74, 6) is 3.99. The Balaban J connectivity index is 2.39. The van der Waals surface area contributed by atoms with Crippen LogP contribution in [-0.4, -0.2) is 38.9 Å². The Morgan fingerprint density at radius 2 is 1.54 bits per heavy atom. The molecule has 0 amide bonds. The van der Waals surface area contributed by atoms with Crippen molar-refractivity contribution in [1.29, 1.82) is 0 Å². The minimum Gasteiger partial charge on any atom is -0.466 e. The number of carbonyl (C=O) groups excluding carboxylic acids is 2. The van der Waals surface area contributed by atoms with Gasteiger partial charge in [0.15, 0.2) is 0 Å². The molecule has 0 saturated carbocycles. The van der Waals surface area contributed by atoms with E-state index in [9.17, 15) is 18.0 Å². The molecule has 9 heteroatoms. The lowest BCUT2D eigenvalue weighted by Crippen LogP contribution is -2.38. The van der Waals surface area contributed by atoms with Crippen molar-refractivity contribution in [2.45, 2.75) is 17.9 Å². The van der Waals surface area contributed by atoms with E-state index in [-0.39, 0.29) is 4.90 Å². The highest BCUT2D eigenvalue weighted by molar-refractivity contribution is 9.10. The average molecular weight is 582 g/mol. The van der Waals surface area contributed by atoms with Gasteiger partial charge in [-0.15, -0.1) is 0 Å². The van der Waals surface area contributed by atoms with Gasteiger partial charge in [0.1, 0.15) is 11.7 Å². The Hall–Kier alpha value is -3.87. The normalized spacial score (nSPS) is 12.1. The number of ether oxygens (including phenoxy) is 2. The Labute approximate surface area is 224 Å². The zero-order valence-electron chi connectivity index (χ0n) is 20.3. The highest BCUT2D eigenvalue weighted by Gasteiger charge is 2.38. The Morgan fingerprint density at radius 1 is 0.919 bits per heavy atom. The van der Waals surface area contributed by atoms with Gasteiger partial charge >= 0.3 is 11.9 Å². The van der Waals surface area contributed by atoms with Crippen molar-refractivity contribution in [2.75, 3.05) is 14.2 Å². The summed E-state index contributed by atoms with van der Waals surface area (Å²) in [5, 5.41) is 0. The summed E-state index contributed by atoms with van der Waals surface area (Å²) in [7, 11) is -2.25. The van der Waals surface area contributed by atoms with Crippen molar-refractivity contribution in [3.63, 3.8) is 0 Å². The van der Waals surface area contributed by atoms with E-state index in [1.165, 1.54) is 12.1 Å². The van der Waals surface area contributed by atoms with E-state index in [4.69, 9.17) is 9.47 Å². The van der Waals surface area contributed by atoms with Crippen molar-refractivity contribution in [3.05, 3.63) is 112 Å². The van der Waals surface area contributed by atoms with Gasteiger partial charge < -0.3 is 9.47 Å². The molecule has 0 aromatic heterocycles. The van der Waals surface area contributed by atoms with Crippen LogP contribution in [0.2, 0.25) is 0 Å². The lowest BCUT2D eigenvalue weighted by molar-refractivity contribution is -0.139. The molecular weight excluding hydrogens is 558 g/mol. The molecule has 3 aromatic carbocycles. The van der Waals surface area contributed by atoms with Crippen LogP contribution >= 0.6 is 15.9 Å². The number of esters is 2. The first kappa shape index (κ1) is 27.7. The van der Waals surface area contributed by atoms with Crippen molar-refractivity contribution < 1.29 is 27.5 Å². The van der Waals surface area contributed by atoms with Crippen LogP contribution in [0.5, 0.6) is 0 Å². The van der Waals surface area contributed by atoms with Crippen LogP contribution in [0.15, 0.2) is 100 Å². The molecule has 37 heavy (non-hydrogen) atoms. The molecule has 0 aliphatic carbocycles. The summed E-state index contributed by atoms with van der Waals surface area (Å²) in [6.07, 6.45) is 0.783. The fraction of sp³-hybridized carbons (Fsp3) is 0.143. The van der Waals surface area contributed by atoms with Crippen LogP contribution in [0, 0.1) is 18.8 Å². The van der Waals surface area contributed by atoms with Gasteiger partial charge in [-0.1, -0.05) is 81.9 Å². The molecule has 0 aliphatic heterocycles. The molecule has 0 spiro atoms. The number of nitrogens with zero attached hydrogens (tertiary/aromatic N) is 1.